The number of pyridine rings is 1. The van der Waals surface area contributed by atoms with Crippen molar-refractivity contribution < 1.29 is 4.79 Å². The van der Waals surface area contributed by atoms with Gasteiger partial charge in [-0.25, -0.2) is 9.67 Å². The molecule has 3 heterocycles. The highest BCUT2D eigenvalue weighted by Gasteiger charge is 2.31. The van der Waals surface area contributed by atoms with Gasteiger partial charge in [0.1, 0.15) is 17.2 Å². The van der Waals surface area contributed by atoms with Crippen LogP contribution in [0.3, 0.4) is 0 Å². The Bertz CT molecular complexity index is 1090. The Hall–Kier alpha value is -2.58. The van der Waals surface area contributed by atoms with Gasteiger partial charge in [-0.2, -0.15) is 5.10 Å². The first-order chi connectivity index (χ1) is 13.5. The van der Waals surface area contributed by atoms with Crippen LogP contribution in [-0.4, -0.2) is 32.2 Å². The molecule has 4 rings (SSSR count). The standard InChI is InChI=1S/C19H18ClN5O2S/c1-2-22-15(26)10-25-16(27)6-5-14(24-25)18-17(11-3-4-11)23-19(28-18)12-7-13(20)9-21-8-12/h5-9,11H,2-4,10H2,1H3,(H,22,26). The normalized spacial score (nSPS) is 13.5. The summed E-state index contributed by atoms with van der Waals surface area (Å²) < 4.78 is 1.19. The lowest BCUT2D eigenvalue weighted by Crippen LogP contribution is -2.33. The van der Waals surface area contributed by atoms with Crippen molar-refractivity contribution in [3.05, 3.63) is 51.7 Å². The van der Waals surface area contributed by atoms with E-state index in [1.165, 1.54) is 22.1 Å². The maximum atomic E-state index is 12.1. The Morgan fingerprint density at radius 2 is 2.18 bits per heavy atom. The fourth-order valence-electron chi connectivity index (χ4n) is 2.87. The summed E-state index contributed by atoms with van der Waals surface area (Å²) >= 11 is 7.57. The third kappa shape index (κ3) is 3.98. The quantitative estimate of drug-likeness (QED) is 0.668. The molecule has 0 saturated heterocycles. The van der Waals surface area contributed by atoms with Crippen molar-refractivity contribution in [2.75, 3.05) is 6.54 Å². The van der Waals surface area contributed by atoms with E-state index in [9.17, 15) is 9.59 Å². The Morgan fingerprint density at radius 3 is 2.89 bits per heavy atom. The third-order valence-electron chi connectivity index (χ3n) is 4.34. The average Bonchev–Trinajstić information content (AvgIpc) is 3.42. The van der Waals surface area contributed by atoms with Crippen molar-refractivity contribution in [2.24, 2.45) is 0 Å². The summed E-state index contributed by atoms with van der Waals surface area (Å²) in [5.41, 5.74) is 2.16. The topological polar surface area (TPSA) is 89.8 Å². The summed E-state index contributed by atoms with van der Waals surface area (Å²) in [6, 6.07) is 4.96. The molecule has 0 unspecified atom stereocenters. The molecule has 1 aliphatic carbocycles. The van der Waals surface area contributed by atoms with Gasteiger partial charge in [0.25, 0.3) is 5.56 Å². The lowest BCUT2D eigenvalue weighted by atomic mass is 10.2. The molecule has 0 atom stereocenters. The molecule has 1 aliphatic rings. The summed E-state index contributed by atoms with van der Waals surface area (Å²) in [5, 5.41) is 8.48. The molecule has 3 aromatic heterocycles. The van der Waals surface area contributed by atoms with E-state index in [0.717, 1.165) is 34.0 Å². The van der Waals surface area contributed by atoms with E-state index in [-0.39, 0.29) is 18.0 Å². The molecule has 28 heavy (non-hydrogen) atoms. The largest absolute Gasteiger partial charge is 0.355 e. The van der Waals surface area contributed by atoms with E-state index in [2.05, 4.69) is 15.4 Å². The van der Waals surface area contributed by atoms with Gasteiger partial charge in [0, 0.05) is 36.5 Å². The number of hydrogen-bond acceptors (Lipinski definition) is 6. The van der Waals surface area contributed by atoms with E-state index in [1.54, 1.807) is 18.5 Å². The lowest BCUT2D eigenvalue weighted by molar-refractivity contribution is -0.121. The van der Waals surface area contributed by atoms with Crippen LogP contribution in [0.25, 0.3) is 21.1 Å². The number of likely N-dealkylation sites (N-methyl/N-ethyl adjacent to an activating group) is 1. The van der Waals surface area contributed by atoms with Crippen molar-refractivity contribution in [3.8, 4) is 21.1 Å². The van der Waals surface area contributed by atoms with Gasteiger partial charge in [0.2, 0.25) is 5.91 Å². The van der Waals surface area contributed by atoms with Crippen LogP contribution in [0.1, 0.15) is 31.4 Å². The molecule has 1 saturated carbocycles. The van der Waals surface area contributed by atoms with Crippen LogP contribution < -0.4 is 10.9 Å². The molecule has 3 aromatic rings. The lowest BCUT2D eigenvalue weighted by Gasteiger charge is -2.07. The average molecular weight is 416 g/mol. The van der Waals surface area contributed by atoms with E-state index < -0.39 is 0 Å². The monoisotopic (exact) mass is 415 g/mol. The van der Waals surface area contributed by atoms with E-state index in [1.807, 2.05) is 13.0 Å². The zero-order chi connectivity index (χ0) is 19.7. The number of amides is 1. The first kappa shape index (κ1) is 18.8. The Morgan fingerprint density at radius 1 is 1.36 bits per heavy atom. The number of nitrogens with zero attached hydrogens (tertiary/aromatic N) is 4. The van der Waals surface area contributed by atoms with E-state index in [4.69, 9.17) is 16.6 Å². The summed E-state index contributed by atoms with van der Waals surface area (Å²) in [5.74, 6) is 0.157. The number of carbonyl (C=O) groups is 1. The second-order valence-corrected chi connectivity index (χ2v) is 8.00. The molecule has 0 bridgehead atoms. The highest BCUT2D eigenvalue weighted by molar-refractivity contribution is 7.18. The van der Waals surface area contributed by atoms with E-state index in [0.29, 0.717) is 23.2 Å². The molecular formula is C19H18ClN5O2S. The fourth-order valence-corrected chi connectivity index (χ4v) is 4.14. The first-order valence-corrected chi connectivity index (χ1v) is 10.2. The van der Waals surface area contributed by atoms with Crippen LogP contribution in [0, 0.1) is 0 Å². The predicted octanol–water partition coefficient (Wildman–Crippen LogP) is 3.10. The number of carbonyl (C=O) groups excluding carboxylic acids is 1. The van der Waals surface area contributed by atoms with E-state index >= 15 is 0 Å². The molecule has 7 nitrogen and oxygen atoms in total. The summed E-state index contributed by atoms with van der Waals surface area (Å²) in [7, 11) is 0. The van der Waals surface area contributed by atoms with Crippen LogP contribution in [0.15, 0.2) is 35.4 Å². The number of halogens is 1. The SMILES string of the molecule is CCNC(=O)Cn1nc(-c2sc(-c3cncc(Cl)c3)nc2C2CC2)ccc1=O. The highest BCUT2D eigenvalue weighted by atomic mass is 35.5. The van der Waals surface area contributed by atoms with Crippen molar-refractivity contribution >= 4 is 28.8 Å². The van der Waals surface area contributed by atoms with Gasteiger partial charge in [0.05, 0.1) is 15.6 Å². The first-order valence-electron chi connectivity index (χ1n) is 9.02. The summed E-state index contributed by atoms with van der Waals surface area (Å²) in [6.07, 6.45) is 5.49. The molecule has 1 N–H and O–H groups in total. The van der Waals surface area contributed by atoms with Crippen molar-refractivity contribution in [1.29, 1.82) is 0 Å². The van der Waals surface area contributed by atoms with Crippen LogP contribution in [-0.2, 0) is 11.3 Å². The molecule has 0 aromatic carbocycles. The van der Waals surface area contributed by atoms with Crippen LogP contribution in [0.4, 0.5) is 0 Å². The summed E-state index contributed by atoms with van der Waals surface area (Å²) in [6.45, 7) is 2.23. The molecule has 9 heteroatoms. The minimum atomic E-state index is -0.313. The second-order valence-electron chi connectivity index (χ2n) is 6.57. The zero-order valence-corrected chi connectivity index (χ0v) is 16.8. The van der Waals surface area contributed by atoms with Crippen LogP contribution in [0.5, 0.6) is 0 Å². The maximum absolute atomic E-state index is 12.1. The van der Waals surface area contributed by atoms with Gasteiger partial charge < -0.3 is 5.32 Å². The minimum Gasteiger partial charge on any atom is -0.355 e. The maximum Gasteiger partial charge on any atom is 0.267 e. The molecule has 1 amide bonds. The van der Waals surface area contributed by atoms with Gasteiger partial charge in [-0.1, -0.05) is 11.6 Å². The highest BCUT2D eigenvalue weighted by Crippen LogP contribution is 2.47. The number of thiazole rings is 1. The Labute approximate surface area is 170 Å². The Kier molecular flexibility index (Phi) is 5.23. The van der Waals surface area contributed by atoms with Crippen LogP contribution in [0.2, 0.25) is 5.02 Å². The van der Waals surface area contributed by atoms with Gasteiger partial charge in [-0.3, -0.25) is 14.6 Å². The van der Waals surface area contributed by atoms with Gasteiger partial charge in [-0.05, 0) is 31.9 Å². The van der Waals surface area contributed by atoms with Gasteiger partial charge >= 0.3 is 0 Å². The predicted molar refractivity (Wildman–Crippen MR) is 109 cm³/mol. The molecule has 144 valence electrons. The third-order valence-corrected chi connectivity index (χ3v) is 5.69. The molecule has 1 fully saturated rings. The second kappa shape index (κ2) is 7.81. The number of aromatic nitrogens is 4. The van der Waals surface area contributed by atoms with Crippen molar-refractivity contribution in [1.82, 2.24) is 25.1 Å². The summed E-state index contributed by atoms with van der Waals surface area (Å²) in [4.78, 5) is 33.9. The zero-order valence-electron chi connectivity index (χ0n) is 15.2. The van der Waals surface area contributed by atoms with Gasteiger partial charge in [-0.15, -0.1) is 11.3 Å². The molecule has 0 radical (unpaired) electrons. The fraction of sp³-hybridized carbons (Fsp3) is 0.316. The van der Waals surface area contributed by atoms with Gasteiger partial charge in [0.15, 0.2) is 0 Å². The molecular weight excluding hydrogens is 398 g/mol. The number of nitrogens with one attached hydrogen (secondary N) is 1. The van der Waals surface area contributed by atoms with Crippen molar-refractivity contribution in [3.63, 3.8) is 0 Å². The molecule has 0 spiro atoms. The number of hydrogen-bond donors (Lipinski definition) is 1. The smallest absolute Gasteiger partial charge is 0.267 e. The molecule has 0 aliphatic heterocycles. The van der Waals surface area contributed by atoms with Crippen LogP contribution >= 0.6 is 22.9 Å². The Balaban J connectivity index is 1.74. The van der Waals surface area contributed by atoms with Crippen molar-refractivity contribution in [2.45, 2.75) is 32.2 Å². The minimum absolute atomic E-state index is 0.108. The number of rotatable bonds is 6.